The van der Waals surface area contributed by atoms with Crippen LogP contribution in [-0.2, 0) is 0 Å². The van der Waals surface area contributed by atoms with E-state index in [1.165, 1.54) is 17.7 Å². The van der Waals surface area contributed by atoms with Crippen molar-refractivity contribution in [3.63, 3.8) is 0 Å². The van der Waals surface area contributed by atoms with Crippen LogP contribution in [0.5, 0.6) is 0 Å². The summed E-state index contributed by atoms with van der Waals surface area (Å²) in [7, 11) is 4.24. The molecule has 0 radical (unpaired) electrons. The molecule has 108 valence electrons. The number of nitrogens with zero attached hydrogens (tertiary/aromatic N) is 2. The Morgan fingerprint density at radius 3 is 2.16 bits per heavy atom. The van der Waals surface area contributed by atoms with E-state index in [0.717, 1.165) is 26.1 Å². The van der Waals surface area contributed by atoms with Gasteiger partial charge in [0.2, 0.25) is 0 Å². The first-order valence-corrected chi connectivity index (χ1v) is 7.33. The maximum Gasteiger partial charge on any atom is 0.0366 e. The quantitative estimate of drug-likeness (QED) is 0.783. The van der Waals surface area contributed by atoms with Gasteiger partial charge in [0.05, 0.1) is 0 Å². The molecule has 0 aliphatic rings. The second-order valence-corrected chi connectivity index (χ2v) is 5.34. The largest absolute Gasteiger partial charge is 0.372 e. The van der Waals surface area contributed by atoms with Gasteiger partial charge in [0.1, 0.15) is 0 Å². The minimum atomic E-state index is 0.165. The molecule has 0 spiro atoms. The summed E-state index contributed by atoms with van der Waals surface area (Å²) in [6.07, 6.45) is 2.18. The summed E-state index contributed by atoms with van der Waals surface area (Å²) in [6.45, 7) is 7.62. The van der Waals surface area contributed by atoms with Gasteiger partial charge in [-0.05, 0) is 58.1 Å². The second kappa shape index (κ2) is 8.18. The SMILES string of the molecule is CC[C@H](N)c1ccc(N(CC)CCCN(C)C)cc1. The third-order valence-electron chi connectivity index (χ3n) is 3.54. The summed E-state index contributed by atoms with van der Waals surface area (Å²) in [4.78, 5) is 4.65. The molecule has 3 nitrogen and oxygen atoms in total. The lowest BCUT2D eigenvalue weighted by Crippen LogP contribution is -2.27. The molecule has 3 heteroatoms. The Morgan fingerprint density at radius 2 is 1.68 bits per heavy atom. The molecule has 1 atom stereocenters. The van der Waals surface area contributed by atoms with Crippen LogP contribution < -0.4 is 10.6 Å². The van der Waals surface area contributed by atoms with Crippen LogP contribution in [-0.4, -0.2) is 38.6 Å². The van der Waals surface area contributed by atoms with Crippen molar-refractivity contribution in [3.8, 4) is 0 Å². The van der Waals surface area contributed by atoms with E-state index >= 15 is 0 Å². The van der Waals surface area contributed by atoms with Crippen LogP contribution in [0.4, 0.5) is 5.69 Å². The minimum Gasteiger partial charge on any atom is -0.372 e. The summed E-state index contributed by atoms with van der Waals surface area (Å²) in [5.74, 6) is 0. The zero-order valence-corrected chi connectivity index (χ0v) is 12.9. The zero-order chi connectivity index (χ0) is 14.3. The molecular weight excluding hydrogens is 234 g/mol. The van der Waals surface area contributed by atoms with Crippen molar-refractivity contribution in [1.82, 2.24) is 4.90 Å². The van der Waals surface area contributed by atoms with Crippen LogP contribution in [0.3, 0.4) is 0 Å². The van der Waals surface area contributed by atoms with E-state index in [9.17, 15) is 0 Å². The number of anilines is 1. The van der Waals surface area contributed by atoms with Crippen LogP contribution in [0, 0.1) is 0 Å². The molecule has 1 aromatic carbocycles. The average Bonchev–Trinajstić information content (AvgIpc) is 2.43. The third-order valence-corrected chi connectivity index (χ3v) is 3.54. The molecule has 2 N–H and O–H groups in total. The van der Waals surface area contributed by atoms with E-state index in [4.69, 9.17) is 5.73 Å². The van der Waals surface area contributed by atoms with Gasteiger partial charge in [-0.25, -0.2) is 0 Å². The first kappa shape index (κ1) is 16.0. The number of hydrogen-bond donors (Lipinski definition) is 1. The van der Waals surface area contributed by atoms with E-state index in [1.807, 2.05) is 0 Å². The average molecular weight is 263 g/mol. The molecule has 19 heavy (non-hydrogen) atoms. The molecule has 0 bridgehead atoms. The molecule has 0 aliphatic heterocycles. The Labute approximate surface area is 118 Å². The van der Waals surface area contributed by atoms with Crippen molar-refractivity contribution in [2.75, 3.05) is 38.6 Å². The summed E-state index contributed by atoms with van der Waals surface area (Å²) >= 11 is 0. The van der Waals surface area contributed by atoms with Crippen molar-refractivity contribution in [1.29, 1.82) is 0 Å². The Hall–Kier alpha value is -1.06. The first-order chi connectivity index (χ1) is 9.08. The molecule has 0 amide bonds. The van der Waals surface area contributed by atoms with Crippen molar-refractivity contribution in [3.05, 3.63) is 29.8 Å². The Bertz CT molecular complexity index is 346. The van der Waals surface area contributed by atoms with E-state index in [1.54, 1.807) is 0 Å². The van der Waals surface area contributed by atoms with Crippen LogP contribution in [0.25, 0.3) is 0 Å². The molecule has 0 heterocycles. The highest BCUT2D eigenvalue weighted by Gasteiger charge is 2.06. The topological polar surface area (TPSA) is 32.5 Å². The lowest BCUT2D eigenvalue weighted by Gasteiger charge is -2.24. The molecule has 1 rings (SSSR count). The van der Waals surface area contributed by atoms with E-state index < -0.39 is 0 Å². The fraction of sp³-hybridized carbons (Fsp3) is 0.625. The molecule has 0 unspecified atom stereocenters. The fourth-order valence-electron chi connectivity index (χ4n) is 2.22. The molecule has 0 fully saturated rings. The lowest BCUT2D eigenvalue weighted by molar-refractivity contribution is 0.400. The zero-order valence-electron chi connectivity index (χ0n) is 12.9. The molecule has 0 aromatic heterocycles. The second-order valence-electron chi connectivity index (χ2n) is 5.34. The monoisotopic (exact) mass is 263 g/mol. The predicted octanol–water partition coefficient (Wildman–Crippen LogP) is 2.87. The number of rotatable bonds is 8. The van der Waals surface area contributed by atoms with Crippen LogP contribution >= 0.6 is 0 Å². The summed E-state index contributed by atoms with van der Waals surface area (Å²) in [6, 6.07) is 8.89. The Kier molecular flexibility index (Phi) is 6.89. The Morgan fingerprint density at radius 1 is 1.05 bits per heavy atom. The van der Waals surface area contributed by atoms with E-state index in [0.29, 0.717) is 0 Å². The predicted molar refractivity (Wildman–Crippen MR) is 84.7 cm³/mol. The molecule has 0 aliphatic carbocycles. The maximum absolute atomic E-state index is 6.05. The van der Waals surface area contributed by atoms with E-state index in [-0.39, 0.29) is 6.04 Å². The highest BCUT2D eigenvalue weighted by molar-refractivity contribution is 5.47. The van der Waals surface area contributed by atoms with Gasteiger partial charge < -0.3 is 15.5 Å². The van der Waals surface area contributed by atoms with Crippen molar-refractivity contribution >= 4 is 5.69 Å². The summed E-state index contributed by atoms with van der Waals surface area (Å²) in [5.41, 5.74) is 8.58. The third kappa shape index (κ3) is 5.21. The van der Waals surface area contributed by atoms with Crippen molar-refractivity contribution in [2.24, 2.45) is 5.73 Å². The lowest BCUT2D eigenvalue weighted by atomic mass is 10.1. The van der Waals surface area contributed by atoms with Gasteiger partial charge in [0.15, 0.2) is 0 Å². The summed E-state index contributed by atoms with van der Waals surface area (Å²) in [5, 5.41) is 0. The Balaban J connectivity index is 2.60. The van der Waals surface area contributed by atoms with Crippen molar-refractivity contribution < 1.29 is 0 Å². The highest BCUT2D eigenvalue weighted by Crippen LogP contribution is 2.19. The van der Waals surface area contributed by atoms with Crippen LogP contribution in [0.1, 0.15) is 38.3 Å². The standard InChI is InChI=1S/C16H29N3/c1-5-16(17)14-8-10-15(11-9-14)19(6-2)13-7-12-18(3)4/h8-11,16H,5-7,12-13,17H2,1-4H3/t16-/m0/s1. The normalized spacial score (nSPS) is 12.7. The maximum atomic E-state index is 6.05. The minimum absolute atomic E-state index is 0.165. The highest BCUT2D eigenvalue weighted by atomic mass is 15.1. The number of benzene rings is 1. The first-order valence-electron chi connectivity index (χ1n) is 7.33. The van der Waals surface area contributed by atoms with Gasteiger partial charge in [-0.1, -0.05) is 19.1 Å². The van der Waals surface area contributed by atoms with Gasteiger partial charge in [-0.2, -0.15) is 0 Å². The molecule has 1 aromatic rings. The number of hydrogen-bond acceptors (Lipinski definition) is 3. The van der Waals surface area contributed by atoms with E-state index in [2.05, 4.69) is 62.0 Å². The summed E-state index contributed by atoms with van der Waals surface area (Å²) < 4.78 is 0. The van der Waals surface area contributed by atoms with Gasteiger partial charge in [-0.3, -0.25) is 0 Å². The van der Waals surface area contributed by atoms with Gasteiger partial charge in [-0.15, -0.1) is 0 Å². The van der Waals surface area contributed by atoms with Crippen LogP contribution in [0.2, 0.25) is 0 Å². The molecule has 0 saturated heterocycles. The molecular formula is C16H29N3. The van der Waals surface area contributed by atoms with Gasteiger partial charge in [0, 0.05) is 24.8 Å². The number of nitrogens with two attached hydrogens (primary N) is 1. The van der Waals surface area contributed by atoms with Crippen molar-refractivity contribution in [2.45, 2.75) is 32.7 Å². The van der Waals surface area contributed by atoms with Gasteiger partial charge >= 0.3 is 0 Å². The molecule has 0 saturated carbocycles. The van der Waals surface area contributed by atoms with Gasteiger partial charge in [0.25, 0.3) is 0 Å². The smallest absolute Gasteiger partial charge is 0.0366 e. The van der Waals surface area contributed by atoms with Crippen LogP contribution in [0.15, 0.2) is 24.3 Å². The fourth-order valence-corrected chi connectivity index (χ4v) is 2.22.